The van der Waals surface area contributed by atoms with Crippen molar-refractivity contribution < 1.29 is 19.4 Å². The van der Waals surface area contributed by atoms with Gasteiger partial charge in [-0.25, -0.2) is 0 Å². The molecule has 0 aliphatic heterocycles. The number of ether oxygens (including phenoxy) is 1. The van der Waals surface area contributed by atoms with Crippen molar-refractivity contribution in [1.82, 2.24) is 5.32 Å². The molecule has 1 fully saturated rings. The Morgan fingerprint density at radius 2 is 2.14 bits per heavy atom. The van der Waals surface area contributed by atoms with E-state index in [9.17, 15) is 9.59 Å². The first-order valence-corrected chi connectivity index (χ1v) is 6.97. The Hall–Kier alpha value is -2.30. The van der Waals surface area contributed by atoms with Crippen LogP contribution in [0, 0.1) is 5.92 Å². The van der Waals surface area contributed by atoms with Gasteiger partial charge in [0.1, 0.15) is 12.4 Å². The molecule has 0 heterocycles. The van der Waals surface area contributed by atoms with Gasteiger partial charge in [0.2, 0.25) is 0 Å². The number of carbonyl (C=O) groups excluding carboxylic acids is 1. The number of amides is 1. The van der Waals surface area contributed by atoms with Gasteiger partial charge in [0.25, 0.3) is 5.91 Å². The van der Waals surface area contributed by atoms with E-state index in [0.717, 1.165) is 12.8 Å². The quantitative estimate of drug-likeness (QED) is 0.720. The normalized spacial score (nSPS) is 15.0. The van der Waals surface area contributed by atoms with E-state index in [1.165, 1.54) is 0 Å². The minimum Gasteiger partial charge on any atom is -0.489 e. The third kappa shape index (κ3) is 4.34. The first kappa shape index (κ1) is 15.1. The second-order valence-electron chi connectivity index (χ2n) is 5.11. The summed E-state index contributed by atoms with van der Waals surface area (Å²) in [5, 5.41) is 11.7. The van der Waals surface area contributed by atoms with E-state index in [-0.39, 0.29) is 24.3 Å². The maximum absolute atomic E-state index is 12.3. The van der Waals surface area contributed by atoms with Crippen LogP contribution in [0.2, 0.25) is 0 Å². The molecule has 21 heavy (non-hydrogen) atoms. The van der Waals surface area contributed by atoms with Gasteiger partial charge in [0.05, 0.1) is 12.0 Å². The van der Waals surface area contributed by atoms with E-state index >= 15 is 0 Å². The van der Waals surface area contributed by atoms with Gasteiger partial charge >= 0.3 is 5.97 Å². The standard InChI is InChI=1S/C16H19NO4/c1-2-9-21-14-6-4-3-5-12(14)16(20)17-13(10-15(18)19)11-7-8-11/h2-6,11,13H,1,7-10H2,(H,17,20)(H,18,19). The molecule has 1 unspecified atom stereocenters. The summed E-state index contributed by atoms with van der Waals surface area (Å²) in [4.78, 5) is 23.2. The summed E-state index contributed by atoms with van der Waals surface area (Å²) in [5.41, 5.74) is 0.412. The zero-order valence-corrected chi connectivity index (χ0v) is 11.7. The molecule has 1 aromatic rings. The predicted molar refractivity (Wildman–Crippen MR) is 78.4 cm³/mol. The van der Waals surface area contributed by atoms with Crippen LogP contribution in [0.1, 0.15) is 29.6 Å². The molecule has 112 valence electrons. The van der Waals surface area contributed by atoms with Crippen molar-refractivity contribution in [2.75, 3.05) is 6.61 Å². The molecular weight excluding hydrogens is 270 g/mol. The van der Waals surface area contributed by atoms with Crippen molar-refractivity contribution in [3.63, 3.8) is 0 Å². The second-order valence-corrected chi connectivity index (χ2v) is 5.11. The van der Waals surface area contributed by atoms with E-state index in [1.807, 2.05) is 0 Å². The number of benzene rings is 1. The molecule has 1 amide bonds. The molecule has 1 aliphatic rings. The predicted octanol–water partition coefficient (Wildman–Crippen LogP) is 2.23. The van der Waals surface area contributed by atoms with E-state index in [1.54, 1.807) is 30.3 Å². The largest absolute Gasteiger partial charge is 0.489 e. The lowest BCUT2D eigenvalue weighted by Gasteiger charge is -2.17. The lowest BCUT2D eigenvalue weighted by atomic mass is 10.1. The number of hydrogen-bond acceptors (Lipinski definition) is 3. The van der Waals surface area contributed by atoms with Crippen LogP contribution in [-0.2, 0) is 4.79 Å². The van der Waals surface area contributed by atoms with Crippen LogP contribution < -0.4 is 10.1 Å². The molecule has 0 saturated heterocycles. The van der Waals surface area contributed by atoms with Crippen molar-refractivity contribution in [1.29, 1.82) is 0 Å². The highest BCUT2D eigenvalue weighted by Crippen LogP contribution is 2.34. The Morgan fingerprint density at radius 1 is 1.43 bits per heavy atom. The number of para-hydroxylation sites is 1. The zero-order valence-electron chi connectivity index (χ0n) is 11.7. The van der Waals surface area contributed by atoms with Gasteiger partial charge in [-0.05, 0) is 30.9 Å². The second kappa shape index (κ2) is 6.92. The number of carboxylic acid groups (broad SMARTS) is 1. The third-order valence-electron chi connectivity index (χ3n) is 3.39. The van der Waals surface area contributed by atoms with Gasteiger partial charge < -0.3 is 15.2 Å². The summed E-state index contributed by atoms with van der Waals surface area (Å²) in [6.07, 6.45) is 3.48. The average molecular weight is 289 g/mol. The SMILES string of the molecule is C=CCOc1ccccc1C(=O)NC(CC(=O)O)C1CC1. The van der Waals surface area contributed by atoms with Crippen LogP contribution >= 0.6 is 0 Å². The van der Waals surface area contributed by atoms with Crippen molar-refractivity contribution in [2.45, 2.75) is 25.3 Å². The molecule has 0 spiro atoms. The Bertz CT molecular complexity index is 537. The molecule has 0 bridgehead atoms. The number of carbonyl (C=O) groups is 2. The van der Waals surface area contributed by atoms with Gasteiger partial charge in [0.15, 0.2) is 0 Å². The van der Waals surface area contributed by atoms with Gasteiger partial charge in [-0.2, -0.15) is 0 Å². The fourth-order valence-corrected chi connectivity index (χ4v) is 2.20. The molecule has 0 radical (unpaired) electrons. The molecular formula is C16H19NO4. The molecule has 2 N–H and O–H groups in total. The van der Waals surface area contributed by atoms with Crippen molar-refractivity contribution in [3.8, 4) is 5.75 Å². The van der Waals surface area contributed by atoms with Crippen LogP contribution in [0.4, 0.5) is 0 Å². The lowest BCUT2D eigenvalue weighted by Crippen LogP contribution is -2.38. The zero-order chi connectivity index (χ0) is 15.2. The first-order chi connectivity index (χ1) is 10.1. The van der Waals surface area contributed by atoms with Crippen molar-refractivity contribution >= 4 is 11.9 Å². The van der Waals surface area contributed by atoms with Crippen molar-refractivity contribution in [2.24, 2.45) is 5.92 Å². The van der Waals surface area contributed by atoms with Gasteiger partial charge in [-0.15, -0.1) is 0 Å². The fraction of sp³-hybridized carbons (Fsp3) is 0.375. The highest BCUT2D eigenvalue weighted by Gasteiger charge is 2.34. The van der Waals surface area contributed by atoms with Crippen LogP contribution in [0.15, 0.2) is 36.9 Å². The van der Waals surface area contributed by atoms with E-state index in [4.69, 9.17) is 9.84 Å². The summed E-state index contributed by atoms with van der Waals surface area (Å²) in [6, 6.07) is 6.59. The van der Waals surface area contributed by atoms with E-state index in [0.29, 0.717) is 17.9 Å². The molecule has 5 heteroatoms. The van der Waals surface area contributed by atoms with Gasteiger partial charge in [-0.3, -0.25) is 9.59 Å². The highest BCUT2D eigenvalue weighted by atomic mass is 16.5. The topological polar surface area (TPSA) is 75.6 Å². The number of aliphatic carboxylic acids is 1. The Balaban J connectivity index is 2.07. The number of nitrogens with one attached hydrogen (secondary N) is 1. The van der Waals surface area contributed by atoms with Crippen LogP contribution in [-0.4, -0.2) is 29.6 Å². The summed E-state index contributed by atoms with van der Waals surface area (Å²) in [6.45, 7) is 3.88. The summed E-state index contributed by atoms with van der Waals surface area (Å²) >= 11 is 0. The van der Waals surface area contributed by atoms with Gasteiger partial charge in [0, 0.05) is 6.04 Å². The first-order valence-electron chi connectivity index (χ1n) is 6.97. The summed E-state index contributed by atoms with van der Waals surface area (Å²) in [7, 11) is 0. The van der Waals surface area contributed by atoms with Crippen LogP contribution in [0.5, 0.6) is 5.75 Å². The van der Waals surface area contributed by atoms with Crippen LogP contribution in [0.25, 0.3) is 0 Å². The molecule has 2 rings (SSSR count). The molecule has 1 saturated carbocycles. The Labute approximate surface area is 123 Å². The number of hydrogen-bond donors (Lipinski definition) is 2. The molecule has 1 aliphatic carbocycles. The number of carboxylic acids is 1. The third-order valence-corrected chi connectivity index (χ3v) is 3.39. The van der Waals surface area contributed by atoms with E-state index < -0.39 is 5.97 Å². The highest BCUT2D eigenvalue weighted by molar-refractivity contribution is 5.97. The Morgan fingerprint density at radius 3 is 2.76 bits per heavy atom. The molecule has 1 atom stereocenters. The molecule has 1 aromatic carbocycles. The maximum atomic E-state index is 12.3. The minimum atomic E-state index is -0.900. The van der Waals surface area contributed by atoms with Crippen molar-refractivity contribution in [3.05, 3.63) is 42.5 Å². The lowest BCUT2D eigenvalue weighted by molar-refractivity contribution is -0.137. The minimum absolute atomic E-state index is 0.0495. The average Bonchev–Trinajstić information content (AvgIpc) is 3.28. The van der Waals surface area contributed by atoms with Crippen LogP contribution in [0.3, 0.4) is 0 Å². The fourth-order valence-electron chi connectivity index (χ4n) is 2.20. The smallest absolute Gasteiger partial charge is 0.305 e. The molecule has 5 nitrogen and oxygen atoms in total. The monoisotopic (exact) mass is 289 g/mol. The molecule has 0 aromatic heterocycles. The van der Waals surface area contributed by atoms with Gasteiger partial charge in [-0.1, -0.05) is 24.8 Å². The van der Waals surface area contributed by atoms with E-state index in [2.05, 4.69) is 11.9 Å². The Kier molecular flexibility index (Phi) is 4.98. The summed E-state index contributed by atoms with van der Waals surface area (Å²) < 4.78 is 5.45. The summed E-state index contributed by atoms with van der Waals surface area (Å²) in [5.74, 6) is -0.456. The number of rotatable bonds is 8. The maximum Gasteiger partial charge on any atom is 0.305 e.